The van der Waals surface area contributed by atoms with Crippen molar-refractivity contribution in [3.8, 4) is 0 Å². The maximum atomic E-state index is 5.64. The minimum absolute atomic E-state index is 0.967. The molecular formula is C8H15PS4. The molecule has 0 nitrogen and oxygen atoms in total. The van der Waals surface area contributed by atoms with Gasteiger partial charge in [-0.05, 0) is 5.75 Å². The summed E-state index contributed by atoms with van der Waals surface area (Å²) in [6.45, 7) is 9.59. The van der Waals surface area contributed by atoms with E-state index in [9.17, 15) is 0 Å². The highest BCUT2D eigenvalue weighted by Gasteiger charge is 2.16. The van der Waals surface area contributed by atoms with E-state index in [1.807, 2.05) is 46.3 Å². The van der Waals surface area contributed by atoms with Gasteiger partial charge in [0.2, 0.25) is 0 Å². The zero-order valence-corrected chi connectivity index (χ0v) is 11.9. The van der Waals surface area contributed by atoms with Crippen LogP contribution in [0.3, 0.4) is 0 Å². The van der Waals surface area contributed by atoms with Crippen molar-refractivity contribution < 1.29 is 0 Å². The second-order valence-corrected chi connectivity index (χ2v) is 18.0. The van der Waals surface area contributed by atoms with Crippen molar-refractivity contribution in [1.82, 2.24) is 0 Å². The zero-order valence-electron chi connectivity index (χ0n) is 7.77. The van der Waals surface area contributed by atoms with Crippen LogP contribution in [0.25, 0.3) is 0 Å². The lowest BCUT2D eigenvalue weighted by Gasteiger charge is -2.17. The molecule has 0 aliphatic carbocycles. The van der Waals surface area contributed by atoms with Crippen molar-refractivity contribution >= 4 is 49.6 Å². The third-order valence-electron chi connectivity index (χ3n) is 0.988. The molecule has 76 valence electrons. The van der Waals surface area contributed by atoms with Crippen molar-refractivity contribution in [2.24, 2.45) is 0 Å². The Kier molecular flexibility index (Phi) is 9.26. The highest BCUT2D eigenvalue weighted by atomic mass is 33.5. The van der Waals surface area contributed by atoms with Gasteiger partial charge in [-0.15, -0.1) is 47.3 Å². The molecule has 0 spiro atoms. The molecule has 0 saturated heterocycles. The van der Waals surface area contributed by atoms with Crippen LogP contribution in [0.4, 0.5) is 0 Å². The molecule has 0 bridgehead atoms. The molecule has 0 radical (unpaired) electrons. The highest BCUT2D eigenvalue weighted by Crippen LogP contribution is 2.78. The lowest BCUT2D eigenvalue weighted by atomic mass is 10.8. The van der Waals surface area contributed by atoms with Crippen molar-refractivity contribution in [3.05, 3.63) is 25.3 Å². The second kappa shape index (κ2) is 8.49. The summed E-state index contributed by atoms with van der Waals surface area (Å²) in [7, 11) is 0. The van der Waals surface area contributed by atoms with Crippen LogP contribution in [0, 0.1) is 0 Å². The maximum Gasteiger partial charge on any atom is 0.109 e. The molecule has 0 heterocycles. The van der Waals surface area contributed by atoms with Gasteiger partial charge in [0.15, 0.2) is 0 Å². The van der Waals surface area contributed by atoms with Crippen LogP contribution >= 0.6 is 37.8 Å². The summed E-state index contributed by atoms with van der Waals surface area (Å²) in [6.07, 6.45) is 3.85. The van der Waals surface area contributed by atoms with E-state index in [2.05, 4.69) is 20.1 Å². The monoisotopic (exact) mass is 270 g/mol. The molecule has 0 aromatic carbocycles. The summed E-state index contributed by atoms with van der Waals surface area (Å²) in [4.78, 5) is 0. The van der Waals surface area contributed by atoms with Crippen LogP contribution in [0.1, 0.15) is 6.92 Å². The molecule has 0 rings (SSSR count). The first-order valence-electron chi connectivity index (χ1n) is 3.94. The van der Waals surface area contributed by atoms with Gasteiger partial charge in [0.1, 0.15) is 3.64 Å². The van der Waals surface area contributed by atoms with Crippen molar-refractivity contribution in [2.45, 2.75) is 6.92 Å². The molecular weight excluding hydrogens is 255 g/mol. The van der Waals surface area contributed by atoms with Crippen LogP contribution in [-0.2, 0) is 11.8 Å². The smallest absolute Gasteiger partial charge is 0.104 e. The predicted molar refractivity (Wildman–Crippen MR) is 77.7 cm³/mol. The fourth-order valence-corrected chi connectivity index (χ4v) is 13.2. The third kappa shape index (κ3) is 7.15. The van der Waals surface area contributed by atoms with Gasteiger partial charge in [0.25, 0.3) is 0 Å². The molecule has 0 fully saturated rings. The van der Waals surface area contributed by atoms with Gasteiger partial charge in [-0.3, -0.25) is 0 Å². The van der Waals surface area contributed by atoms with E-state index in [1.165, 1.54) is 0 Å². The Morgan fingerprint density at radius 2 is 1.62 bits per heavy atom. The lowest BCUT2D eigenvalue weighted by Crippen LogP contribution is -1.73. The average molecular weight is 270 g/mol. The molecule has 0 aliphatic rings. The second-order valence-electron chi connectivity index (χ2n) is 2.03. The highest BCUT2D eigenvalue weighted by molar-refractivity contribution is 9.23. The van der Waals surface area contributed by atoms with E-state index >= 15 is 0 Å². The van der Waals surface area contributed by atoms with E-state index < -0.39 is 3.64 Å². The average Bonchev–Trinajstić information content (AvgIpc) is 2.12. The van der Waals surface area contributed by atoms with Gasteiger partial charge in [-0.2, -0.15) is 0 Å². The Hall–Kier alpha value is 1.18. The molecule has 0 aromatic heterocycles. The molecule has 0 amide bonds. The van der Waals surface area contributed by atoms with Gasteiger partial charge < -0.3 is 0 Å². The number of hydrogen-bond donors (Lipinski definition) is 0. The van der Waals surface area contributed by atoms with E-state index in [-0.39, 0.29) is 0 Å². The Morgan fingerprint density at radius 1 is 1.15 bits per heavy atom. The first-order valence-corrected chi connectivity index (χ1v) is 11.5. The van der Waals surface area contributed by atoms with Crippen LogP contribution in [0.2, 0.25) is 0 Å². The standard InChI is InChI=1S/C8H15PS4/c1-4-7-12-9(10,11-6-3)13-8-5-2/h4-5H,1-2,6-8H2,3H3. The van der Waals surface area contributed by atoms with E-state index in [4.69, 9.17) is 11.8 Å². The van der Waals surface area contributed by atoms with E-state index in [0.717, 1.165) is 17.3 Å². The third-order valence-corrected chi connectivity index (χ3v) is 16.0. The molecule has 5 heteroatoms. The summed E-state index contributed by atoms with van der Waals surface area (Å²) in [5, 5.41) is 0. The summed E-state index contributed by atoms with van der Waals surface area (Å²) >= 11 is 11.3. The fraction of sp³-hybridized carbons (Fsp3) is 0.500. The van der Waals surface area contributed by atoms with Gasteiger partial charge in [-0.1, -0.05) is 30.9 Å². The van der Waals surface area contributed by atoms with Crippen molar-refractivity contribution in [1.29, 1.82) is 0 Å². The van der Waals surface area contributed by atoms with Crippen molar-refractivity contribution in [2.75, 3.05) is 17.3 Å². The predicted octanol–water partition coefficient (Wildman–Crippen LogP) is 4.80. The Balaban J connectivity index is 4.06. The first kappa shape index (κ1) is 14.2. The summed E-state index contributed by atoms with van der Waals surface area (Å²) in [6, 6.07) is 0. The topological polar surface area (TPSA) is 0 Å². The summed E-state index contributed by atoms with van der Waals surface area (Å²) in [5.41, 5.74) is 0. The molecule has 0 saturated carbocycles. The lowest BCUT2D eigenvalue weighted by molar-refractivity contribution is 1.54. The summed E-state index contributed by atoms with van der Waals surface area (Å²) in [5.74, 6) is 3.04. The molecule has 0 aliphatic heterocycles. The molecule has 0 unspecified atom stereocenters. The van der Waals surface area contributed by atoms with E-state index in [0.29, 0.717) is 0 Å². The Labute approximate surface area is 98.6 Å². The molecule has 0 atom stereocenters. The molecule has 0 N–H and O–H groups in total. The quantitative estimate of drug-likeness (QED) is 0.458. The molecule has 0 aromatic rings. The van der Waals surface area contributed by atoms with Gasteiger partial charge in [0, 0.05) is 11.5 Å². The Bertz CT molecular complexity index is 186. The van der Waals surface area contributed by atoms with Gasteiger partial charge in [0.05, 0.1) is 0 Å². The number of rotatable bonds is 8. The van der Waals surface area contributed by atoms with E-state index in [1.54, 1.807) is 0 Å². The van der Waals surface area contributed by atoms with Crippen LogP contribution in [0.5, 0.6) is 0 Å². The summed E-state index contributed by atoms with van der Waals surface area (Å²) < 4.78 is -1.31. The van der Waals surface area contributed by atoms with Crippen LogP contribution in [0.15, 0.2) is 25.3 Å². The van der Waals surface area contributed by atoms with Crippen LogP contribution < -0.4 is 0 Å². The SMILES string of the molecule is C=CCSP(=S)(SCC)SCC=C. The molecule has 13 heavy (non-hydrogen) atoms. The zero-order chi connectivity index (χ0) is 10.2. The van der Waals surface area contributed by atoms with Gasteiger partial charge in [-0.25, -0.2) is 0 Å². The fourth-order valence-electron chi connectivity index (χ4n) is 0.558. The van der Waals surface area contributed by atoms with Crippen molar-refractivity contribution in [3.63, 3.8) is 0 Å². The minimum atomic E-state index is -1.31. The Morgan fingerprint density at radius 3 is 1.92 bits per heavy atom. The van der Waals surface area contributed by atoms with Gasteiger partial charge >= 0.3 is 0 Å². The first-order chi connectivity index (χ1) is 6.18. The normalized spacial score (nSPS) is 11.2. The van der Waals surface area contributed by atoms with Crippen LogP contribution in [-0.4, -0.2) is 17.3 Å². The largest absolute Gasteiger partial charge is 0.109 e. The number of hydrogen-bond acceptors (Lipinski definition) is 4. The minimum Gasteiger partial charge on any atom is -0.104 e. The maximum absolute atomic E-state index is 5.64.